The Morgan fingerprint density at radius 1 is 1.37 bits per heavy atom. The maximum atomic E-state index is 14.2. The molecule has 0 radical (unpaired) electrons. The van der Waals surface area contributed by atoms with Crippen molar-refractivity contribution in [3.8, 4) is 0 Å². The zero-order chi connectivity index (χ0) is 19.0. The highest BCUT2D eigenvalue weighted by Crippen LogP contribution is 2.23. The molecule has 1 fully saturated rings. The van der Waals surface area contributed by atoms with Crippen LogP contribution in [0.1, 0.15) is 16.9 Å². The summed E-state index contributed by atoms with van der Waals surface area (Å²) in [6.45, 7) is 0.545. The number of rotatable bonds is 3. The van der Waals surface area contributed by atoms with Crippen LogP contribution < -0.4 is 10.2 Å². The number of hydrogen-bond acceptors (Lipinski definition) is 5. The van der Waals surface area contributed by atoms with Gasteiger partial charge >= 0.3 is 0 Å². The number of aromatic nitrogens is 3. The summed E-state index contributed by atoms with van der Waals surface area (Å²) in [7, 11) is 0. The second kappa shape index (κ2) is 7.13. The van der Waals surface area contributed by atoms with Gasteiger partial charge in [-0.2, -0.15) is 0 Å². The number of fused-ring (bicyclic) bond motifs is 1. The van der Waals surface area contributed by atoms with Crippen molar-refractivity contribution in [1.29, 1.82) is 0 Å². The van der Waals surface area contributed by atoms with Gasteiger partial charge in [0.2, 0.25) is 0 Å². The van der Waals surface area contributed by atoms with Crippen LogP contribution in [-0.2, 0) is 0 Å². The summed E-state index contributed by atoms with van der Waals surface area (Å²) < 4.78 is 14.2. The van der Waals surface area contributed by atoms with Crippen LogP contribution in [0.4, 0.5) is 10.2 Å². The van der Waals surface area contributed by atoms with Crippen LogP contribution in [0.15, 0.2) is 36.7 Å². The van der Waals surface area contributed by atoms with Gasteiger partial charge in [-0.1, -0.05) is 11.6 Å². The van der Waals surface area contributed by atoms with Crippen molar-refractivity contribution in [2.45, 2.75) is 18.6 Å². The monoisotopic (exact) mass is 389 g/mol. The van der Waals surface area contributed by atoms with Crippen molar-refractivity contribution in [1.82, 2.24) is 20.3 Å². The molecule has 4 rings (SSSR count). The molecule has 9 heteroatoms. The minimum absolute atomic E-state index is 0.100. The summed E-state index contributed by atoms with van der Waals surface area (Å²) in [5, 5.41) is 14.1. The van der Waals surface area contributed by atoms with E-state index in [1.54, 1.807) is 17.2 Å². The van der Waals surface area contributed by atoms with Crippen LogP contribution in [-0.4, -0.2) is 51.2 Å². The van der Waals surface area contributed by atoms with Gasteiger partial charge in [0.1, 0.15) is 11.3 Å². The topological polar surface area (TPSA) is 94.1 Å². The van der Waals surface area contributed by atoms with Crippen molar-refractivity contribution >= 4 is 34.4 Å². The Labute approximate surface area is 159 Å². The molecule has 1 aliphatic heterocycles. The Morgan fingerprint density at radius 2 is 2.22 bits per heavy atom. The van der Waals surface area contributed by atoms with Gasteiger partial charge in [-0.15, -0.1) is 0 Å². The number of nitrogens with zero attached hydrogens (tertiary/aromatic N) is 3. The predicted molar refractivity (Wildman–Crippen MR) is 99.4 cm³/mol. The minimum atomic E-state index is -0.722. The first-order valence-corrected chi connectivity index (χ1v) is 8.86. The van der Waals surface area contributed by atoms with Crippen molar-refractivity contribution in [3.05, 3.63) is 53.2 Å². The molecule has 0 bridgehead atoms. The zero-order valence-electron chi connectivity index (χ0n) is 14.2. The van der Waals surface area contributed by atoms with E-state index in [-0.39, 0.29) is 35.0 Å². The molecule has 0 aliphatic carbocycles. The average molecular weight is 390 g/mol. The standard InChI is InChI=1S/C18H17ClFN5O2/c19-11-5-14(20)17(22-7-11)25-8-12(6-13(26)9-25)23-18(27)15-2-1-10-3-4-21-16(10)24-15/h1-5,7,12-13,26H,6,8-9H2,(H,21,24)(H,23,27)/t12-,13+/m0/s1. The molecule has 4 heterocycles. The number of pyridine rings is 2. The first-order valence-electron chi connectivity index (χ1n) is 8.48. The molecule has 0 unspecified atom stereocenters. The number of H-pyrrole nitrogens is 1. The number of nitrogens with one attached hydrogen (secondary N) is 2. The van der Waals surface area contributed by atoms with Crippen molar-refractivity contribution in [2.24, 2.45) is 0 Å². The Kier molecular flexibility index (Phi) is 4.67. The molecule has 7 nitrogen and oxygen atoms in total. The van der Waals surface area contributed by atoms with E-state index < -0.39 is 11.9 Å². The third-order valence-electron chi connectivity index (χ3n) is 4.49. The Hall–Kier alpha value is -2.71. The maximum Gasteiger partial charge on any atom is 0.270 e. The fraction of sp³-hybridized carbons (Fsp3) is 0.278. The highest BCUT2D eigenvalue weighted by atomic mass is 35.5. The van der Waals surface area contributed by atoms with Gasteiger partial charge in [0.25, 0.3) is 5.91 Å². The number of aliphatic hydroxyl groups excluding tert-OH is 1. The summed E-state index contributed by atoms with van der Waals surface area (Å²) in [6.07, 6.45) is 2.74. The lowest BCUT2D eigenvalue weighted by Crippen LogP contribution is -2.53. The van der Waals surface area contributed by atoms with E-state index in [2.05, 4.69) is 20.3 Å². The number of halogens is 2. The highest BCUT2D eigenvalue weighted by molar-refractivity contribution is 6.30. The Morgan fingerprint density at radius 3 is 3.04 bits per heavy atom. The summed E-state index contributed by atoms with van der Waals surface area (Å²) in [4.78, 5) is 25.4. The van der Waals surface area contributed by atoms with Crippen LogP contribution in [0, 0.1) is 5.82 Å². The summed E-state index contributed by atoms with van der Waals surface area (Å²) in [5.74, 6) is -0.820. The number of amides is 1. The molecule has 1 amide bonds. The van der Waals surface area contributed by atoms with E-state index in [1.807, 2.05) is 12.1 Å². The summed E-state index contributed by atoms with van der Waals surface area (Å²) >= 11 is 5.75. The minimum Gasteiger partial charge on any atom is -0.391 e. The van der Waals surface area contributed by atoms with Gasteiger partial charge in [0.15, 0.2) is 11.6 Å². The second-order valence-electron chi connectivity index (χ2n) is 6.54. The number of hydrogen-bond donors (Lipinski definition) is 3. The lowest BCUT2D eigenvalue weighted by Gasteiger charge is -2.36. The molecule has 1 aliphatic rings. The molecule has 140 valence electrons. The number of anilines is 1. The molecule has 1 saturated heterocycles. The SMILES string of the molecule is O=C(N[C@H]1C[C@@H](O)CN(c2ncc(Cl)cc2F)C1)c1ccc2cc[nH]c2n1. The number of aromatic amines is 1. The third kappa shape index (κ3) is 3.72. The van der Waals surface area contributed by atoms with Gasteiger partial charge in [0.05, 0.1) is 11.1 Å². The fourth-order valence-corrected chi connectivity index (χ4v) is 3.45. The molecule has 3 aromatic rings. The molecule has 3 aromatic heterocycles. The van der Waals surface area contributed by atoms with Crippen LogP contribution in [0.3, 0.4) is 0 Å². The zero-order valence-corrected chi connectivity index (χ0v) is 14.9. The number of carbonyl (C=O) groups excluding carboxylic acids is 1. The van der Waals surface area contributed by atoms with E-state index in [4.69, 9.17) is 11.6 Å². The van der Waals surface area contributed by atoms with Gasteiger partial charge in [-0.25, -0.2) is 14.4 Å². The highest BCUT2D eigenvalue weighted by Gasteiger charge is 2.29. The smallest absolute Gasteiger partial charge is 0.270 e. The molecular weight excluding hydrogens is 373 g/mol. The molecule has 2 atom stereocenters. The lowest BCUT2D eigenvalue weighted by molar-refractivity contribution is 0.0890. The normalized spacial score (nSPS) is 20.0. The van der Waals surface area contributed by atoms with Crippen molar-refractivity contribution in [3.63, 3.8) is 0 Å². The quantitative estimate of drug-likeness (QED) is 0.638. The van der Waals surface area contributed by atoms with E-state index >= 15 is 0 Å². The summed E-state index contributed by atoms with van der Waals surface area (Å²) in [6, 6.07) is 6.12. The maximum absolute atomic E-state index is 14.2. The summed E-state index contributed by atoms with van der Waals surface area (Å²) in [5.41, 5.74) is 0.896. The van der Waals surface area contributed by atoms with Crippen LogP contribution in [0.25, 0.3) is 11.0 Å². The first-order chi connectivity index (χ1) is 13.0. The van der Waals surface area contributed by atoms with Gasteiger partial charge in [-0.05, 0) is 30.7 Å². The number of β-amino-alcohol motifs (C(OH)–C–C–N with tert-alkyl or cyclic N) is 1. The molecular formula is C18H17ClFN5O2. The number of carbonyl (C=O) groups is 1. The van der Waals surface area contributed by atoms with Gasteiger partial charge in [0, 0.05) is 36.9 Å². The van der Waals surface area contributed by atoms with Crippen LogP contribution >= 0.6 is 11.6 Å². The van der Waals surface area contributed by atoms with Crippen molar-refractivity contribution < 1.29 is 14.3 Å². The molecule has 0 spiro atoms. The Balaban J connectivity index is 1.50. The van der Waals surface area contributed by atoms with Gasteiger partial charge in [-0.3, -0.25) is 4.79 Å². The molecule has 3 N–H and O–H groups in total. The predicted octanol–water partition coefficient (Wildman–Crippen LogP) is 2.12. The van der Waals surface area contributed by atoms with E-state index in [1.165, 1.54) is 12.3 Å². The van der Waals surface area contributed by atoms with Crippen LogP contribution in [0.5, 0.6) is 0 Å². The Bertz CT molecular complexity index is 995. The largest absolute Gasteiger partial charge is 0.391 e. The third-order valence-corrected chi connectivity index (χ3v) is 4.70. The molecule has 0 aromatic carbocycles. The number of piperidine rings is 1. The first kappa shape index (κ1) is 17.7. The van der Waals surface area contributed by atoms with E-state index in [0.29, 0.717) is 18.6 Å². The van der Waals surface area contributed by atoms with E-state index in [9.17, 15) is 14.3 Å². The average Bonchev–Trinajstić information content (AvgIpc) is 3.08. The van der Waals surface area contributed by atoms with E-state index in [0.717, 1.165) is 5.39 Å². The molecule has 27 heavy (non-hydrogen) atoms. The second-order valence-corrected chi connectivity index (χ2v) is 6.97. The van der Waals surface area contributed by atoms with Crippen molar-refractivity contribution in [2.75, 3.05) is 18.0 Å². The van der Waals surface area contributed by atoms with Gasteiger partial charge < -0.3 is 20.3 Å². The van der Waals surface area contributed by atoms with Crippen LogP contribution in [0.2, 0.25) is 5.02 Å². The number of aliphatic hydroxyl groups is 1. The lowest BCUT2D eigenvalue weighted by atomic mass is 10.0. The molecule has 0 saturated carbocycles. The fourth-order valence-electron chi connectivity index (χ4n) is 3.31.